The molecule has 0 unspecified atom stereocenters. The van der Waals surface area contributed by atoms with E-state index < -0.39 is 41.4 Å². The fourth-order valence-corrected chi connectivity index (χ4v) is 3.32. The van der Waals surface area contributed by atoms with E-state index in [0.29, 0.717) is 31.5 Å². The topological polar surface area (TPSA) is 41.6 Å². The number of ether oxygens (including phenoxy) is 1. The molecular formula is C16H18F4N2O2. The third-order valence-electron chi connectivity index (χ3n) is 4.77. The van der Waals surface area contributed by atoms with Gasteiger partial charge in [0.15, 0.2) is 17.5 Å². The maximum atomic E-state index is 13.6. The molecule has 2 atom stereocenters. The second-order valence-corrected chi connectivity index (χ2v) is 6.22. The molecule has 4 nitrogen and oxygen atoms in total. The summed E-state index contributed by atoms with van der Waals surface area (Å²) in [4.78, 5) is 13.7. The van der Waals surface area contributed by atoms with Crippen LogP contribution in [0.1, 0.15) is 18.4 Å². The van der Waals surface area contributed by atoms with Crippen LogP contribution in [0, 0.1) is 35.1 Å². The van der Waals surface area contributed by atoms with Gasteiger partial charge >= 0.3 is 6.03 Å². The van der Waals surface area contributed by atoms with Crippen LogP contribution in [0.15, 0.2) is 6.07 Å². The summed E-state index contributed by atoms with van der Waals surface area (Å²) in [6, 6.07) is -0.203. The Bertz CT molecular complexity index is 635. The van der Waals surface area contributed by atoms with Gasteiger partial charge in [0.2, 0.25) is 0 Å². The van der Waals surface area contributed by atoms with Crippen molar-refractivity contribution in [2.45, 2.75) is 19.4 Å². The predicted octanol–water partition coefficient (Wildman–Crippen LogP) is 2.81. The average molecular weight is 346 g/mol. The Labute approximate surface area is 136 Å². The van der Waals surface area contributed by atoms with Crippen molar-refractivity contribution in [2.75, 3.05) is 26.3 Å². The number of benzene rings is 1. The second kappa shape index (κ2) is 6.96. The molecule has 1 aromatic carbocycles. The van der Waals surface area contributed by atoms with Crippen LogP contribution in [0.4, 0.5) is 22.4 Å². The highest BCUT2D eigenvalue weighted by Crippen LogP contribution is 2.30. The minimum absolute atomic E-state index is 0.270. The number of carbonyl (C=O) groups excluding carboxylic acids is 1. The van der Waals surface area contributed by atoms with Crippen molar-refractivity contribution in [3.05, 3.63) is 34.9 Å². The summed E-state index contributed by atoms with van der Waals surface area (Å²) >= 11 is 0. The lowest BCUT2D eigenvalue weighted by atomic mass is 9.91. The van der Waals surface area contributed by atoms with Gasteiger partial charge in [0.05, 0.1) is 6.54 Å². The number of hydrogen-bond acceptors (Lipinski definition) is 2. The van der Waals surface area contributed by atoms with Gasteiger partial charge in [0, 0.05) is 37.9 Å². The number of urea groups is 1. The Hall–Kier alpha value is -1.83. The molecule has 2 fully saturated rings. The van der Waals surface area contributed by atoms with Crippen LogP contribution in [0.25, 0.3) is 0 Å². The van der Waals surface area contributed by atoms with Crippen molar-refractivity contribution >= 4 is 6.03 Å². The van der Waals surface area contributed by atoms with Crippen LogP contribution >= 0.6 is 0 Å². The molecule has 3 rings (SSSR count). The number of rotatable bonds is 3. The first-order valence-electron chi connectivity index (χ1n) is 7.89. The summed E-state index contributed by atoms with van der Waals surface area (Å²) in [7, 11) is 0. The molecule has 0 aliphatic carbocycles. The first-order valence-corrected chi connectivity index (χ1v) is 7.89. The Morgan fingerprint density at radius 3 is 2.67 bits per heavy atom. The molecule has 2 heterocycles. The smallest absolute Gasteiger partial charge is 0.317 e. The quantitative estimate of drug-likeness (QED) is 0.520. The minimum atomic E-state index is -1.75. The maximum absolute atomic E-state index is 13.6. The zero-order valence-corrected chi connectivity index (χ0v) is 13.0. The van der Waals surface area contributed by atoms with E-state index in [2.05, 4.69) is 5.32 Å². The van der Waals surface area contributed by atoms with E-state index in [1.54, 1.807) is 4.90 Å². The third kappa shape index (κ3) is 3.33. The Balaban J connectivity index is 1.57. The van der Waals surface area contributed by atoms with E-state index in [1.165, 1.54) is 0 Å². The fourth-order valence-electron chi connectivity index (χ4n) is 3.32. The van der Waals surface area contributed by atoms with Crippen LogP contribution in [0.2, 0.25) is 0 Å². The Morgan fingerprint density at radius 2 is 1.96 bits per heavy atom. The molecule has 0 saturated carbocycles. The van der Waals surface area contributed by atoms with Gasteiger partial charge in [-0.1, -0.05) is 0 Å². The molecule has 132 valence electrons. The number of carbonyl (C=O) groups is 1. The van der Waals surface area contributed by atoms with Gasteiger partial charge in [-0.15, -0.1) is 0 Å². The maximum Gasteiger partial charge on any atom is 0.317 e. The predicted molar refractivity (Wildman–Crippen MR) is 77.1 cm³/mol. The summed E-state index contributed by atoms with van der Waals surface area (Å²) < 4.78 is 58.6. The molecule has 8 heteroatoms. The number of nitrogens with one attached hydrogen (secondary N) is 1. The van der Waals surface area contributed by atoms with Crippen molar-refractivity contribution in [3.8, 4) is 0 Å². The van der Waals surface area contributed by atoms with E-state index in [4.69, 9.17) is 4.74 Å². The third-order valence-corrected chi connectivity index (χ3v) is 4.77. The lowest BCUT2D eigenvalue weighted by molar-refractivity contribution is 0.170. The largest absolute Gasteiger partial charge is 0.381 e. The van der Waals surface area contributed by atoms with Crippen LogP contribution in [0.5, 0.6) is 0 Å². The van der Waals surface area contributed by atoms with Crippen molar-refractivity contribution in [1.82, 2.24) is 10.2 Å². The number of halogens is 4. The van der Waals surface area contributed by atoms with Gasteiger partial charge in [0.25, 0.3) is 0 Å². The summed E-state index contributed by atoms with van der Waals surface area (Å²) in [5.74, 6) is -5.40. The van der Waals surface area contributed by atoms with Gasteiger partial charge in [-0.25, -0.2) is 22.4 Å². The summed E-state index contributed by atoms with van der Waals surface area (Å²) in [6.07, 6.45) is 1.83. The second-order valence-electron chi connectivity index (χ2n) is 6.22. The van der Waals surface area contributed by atoms with Crippen LogP contribution in [-0.2, 0) is 11.3 Å². The first-order chi connectivity index (χ1) is 11.5. The number of nitrogens with zero attached hydrogens (tertiary/aromatic N) is 1. The molecule has 2 aliphatic heterocycles. The van der Waals surface area contributed by atoms with E-state index in [1.807, 2.05) is 0 Å². The molecule has 24 heavy (non-hydrogen) atoms. The van der Waals surface area contributed by atoms with Gasteiger partial charge in [-0.3, -0.25) is 0 Å². The fraction of sp³-hybridized carbons (Fsp3) is 0.562. The van der Waals surface area contributed by atoms with Gasteiger partial charge in [-0.05, 0) is 24.7 Å². The van der Waals surface area contributed by atoms with E-state index in [-0.39, 0.29) is 6.07 Å². The molecule has 1 aromatic rings. The van der Waals surface area contributed by atoms with Gasteiger partial charge < -0.3 is 15.0 Å². The van der Waals surface area contributed by atoms with Crippen molar-refractivity contribution in [2.24, 2.45) is 11.8 Å². The highest BCUT2D eigenvalue weighted by atomic mass is 19.2. The lowest BCUT2D eigenvalue weighted by Gasteiger charge is -2.20. The molecule has 0 radical (unpaired) electrons. The monoisotopic (exact) mass is 346 g/mol. The normalized spacial score (nSPS) is 23.8. The van der Waals surface area contributed by atoms with Crippen molar-refractivity contribution < 1.29 is 27.1 Å². The Morgan fingerprint density at radius 1 is 1.17 bits per heavy atom. The molecule has 2 amide bonds. The Kier molecular flexibility index (Phi) is 4.93. The van der Waals surface area contributed by atoms with Crippen molar-refractivity contribution in [3.63, 3.8) is 0 Å². The SMILES string of the molecule is O=C(NCc1c(F)cc(F)c(F)c1F)N1CC[C@@H]([C@H]2CCOC2)C1. The number of likely N-dealkylation sites (tertiary alicyclic amines) is 1. The molecule has 0 aromatic heterocycles. The van der Waals surface area contributed by atoms with E-state index in [0.717, 1.165) is 19.4 Å². The molecule has 1 N–H and O–H groups in total. The van der Waals surface area contributed by atoms with E-state index in [9.17, 15) is 22.4 Å². The highest BCUT2D eigenvalue weighted by Gasteiger charge is 2.33. The van der Waals surface area contributed by atoms with Crippen LogP contribution in [-0.4, -0.2) is 37.2 Å². The molecule has 0 bridgehead atoms. The molecular weight excluding hydrogens is 328 g/mol. The zero-order valence-electron chi connectivity index (χ0n) is 13.0. The summed E-state index contributed by atoms with van der Waals surface area (Å²) in [5, 5.41) is 2.37. The van der Waals surface area contributed by atoms with Crippen LogP contribution in [0.3, 0.4) is 0 Å². The average Bonchev–Trinajstić information content (AvgIpc) is 3.23. The number of hydrogen-bond donors (Lipinski definition) is 1. The highest BCUT2D eigenvalue weighted by molar-refractivity contribution is 5.74. The molecule has 2 saturated heterocycles. The van der Waals surface area contributed by atoms with Crippen LogP contribution < -0.4 is 5.32 Å². The zero-order chi connectivity index (χ0) is 17.3. The van der Waals surface area contributed by atoms with Crippen molar-refractivity contribution in [1.29, 1.82) is 0 Å². The first kappa shape index (κ1) is 17.0. The lowest BCUT2D eigenvalue weighted by Crippen LogP contribution is -2.39. The van der Waals surface area contributed by atoms with E-state index >= 15 is 0 Å². The summed E-state index contributed by atoms with van der Waals surface area (Å²) in [6.45, 7) is 2.01. The standard InChI is InChI=1S/C16H18F4N2O2/c17-12-5-13(18)15(20)14(19)11(12)6-21-16(23)22-3-1-9(7-22)10-2-4-24-8-10/h5,9-10H,1-4,6-8H2,(H,21,23)/t9-,10+/m1/s1. The molecule has 2 aliphatic rings. The summed E-state index contributed by atoms with van der Waals surface area (Å²) in [5.41, 5.74) is -0.692. The van der Waals surface area contributed by atoms with Gasteiger partial charge in [-0.2, -0.15) is 0 Å². The molecule has 0 spiro atoms. The number of amides is 2. The minimum Gasteiger partial charge on any atom is -0.381 e. The van der Waals surface area contributed by atoms with Gasteiger partial charge in [0.1, 0.15) is 5.82 Å².